The van der Waals surface area contributed by atoms with Crippen LogP contribution in [0.15, 0.2) is 77.4 Å². The summed E-state index contributed by atoms with van der Waals surface area (Å²) in [7, 11) is 4.42. The summed E-state index contributed by atoms with van der Waals surface area (Å²) < 4.78 is 58.5. The van der Waals surface area contributed by atoms with Crippen molar-refractivity contribution in [2.45, 2.75) is 6.36 Å². The Balaban J connectivity index is 1.62. The Bertz CT molecular complexity index is 1500. The number of rotatable bonds is 9. The lowest BCUT2D eigenvalue weighted by Crippen LogP contribution is -2.31. The number of nitrogens with zero attached hydrogens (tertiary/aromatic N) is 2. The van der Waals surface area contributed by atoms with E-state index in [0.717, 1.165) is 17.8 Å². The lowest BCUT2D eigenvalue weighted by molar-refractivity contribution is -0.274. The fraction of sp³-hybridized carbons (Fsp3) is 0.179. The number of ether oxygens (including phenoxy) is 4. The molecule has 0 unspecified atom stereocenters. The molecule has 1 aliphatic rings. The number of benzene rings is 3. The maximum atomic E-state index is 13.5. The number of hydrogen-bond acceptors (Lipinski definition) is 8. The minimum atomic E-state index is -4.93. The molecule has 0 bridgehead atoms. The molecule has 1 N–H and O–H groups in total. The van der Waals surface area contributed by atoms with Crippen LogP contribution in [0.25, 0.3) is 6.08 Å². The van der Waals surface area contributed by atoms with Gasteiger partial charge in [0.1, 0.15) is 11.4 Å². The largest absolute Gasteiger partial charge is 0.573 e. The molecule has 0 radical (unpaired) electrons. The van der Waals surface area contributed by atoms with Crippen LogP contribution in [0.4, 0.5) is 24.5 Å². The average Bonchev–Trinajstić information content (AvgIpc) is 3.26. The van der Waals surface area contributed by atoms with Crippen LogP contribution in [-0.4, -0.2) is 50.4 Å². The normalized spacial score (nSPS) is 14.1. The number of amides is 2. The summed E-state index contributed by atoms with van der Waals surface area (Å²) in [5, 5.41) is 2.60. The van der Waals surface area contributed by atoms with Gasteiger partial charge in [-0.15, -0.1) is 13.2 Å². The maximum Gasteiger partial charge on any atom is 0.573 e. The number of alkyl halides is 3. The highest BCUT2D eigenvalue weighted by Gasteiger charge is 2.34. The molecule has 1 aliphatic heterocycles. The first-order valence-electron chi connectivity index (χ1n) is 11.9. The van der Waals surface area contributed by atoms with Gasteiger partial charge in [-0.25, -0.2) is 4.99 Å². The summed E-state index contributed by atoms with van der Waals surface area (Å²) >= 11 is 0.935. The molecule has 0 aromatic heterocycles. The van der Waals surface area contributed by atoms with Crippen LogP contribution in [-0.2, 0) is 9.59 Å². The van der Waals surface area contributed by atoms with Gasteiger partial charge < -0.3 is 24.3 Å². The van der Waals surface area contributed by atoms with Crippen LogP contribution in [0.3, 0.4) is 0 Å². The SMILES string of the molecule is COc1cc(/C=C2/N=C(SCC(=O)Nc3ccccc3OC(F)(F)F)N(c3ccccc3)C2=O)c(OC)c(OC)c1. The van der Waals surface area contributed by atoms with Crippen LogP contribution in [0, 0.1) is 0 Å². The molecule has 3 aromatic rings. The van der Waals surface area contributed by atoms with Gasteiger partial charge in [0.2, 0.25) is 5.91 Å². The molecule has 13 heteroatoms. The van der Waals surface area contributed by atoms with Gasteiger partial charge in [-0.05, 0) is 36.4 Å². The first-order valence-corrected chi connectivity index (χ1v) is 12.9. The summed E-state index contributed by atoms with van der Waals surface area (Å²) in [6.45, 7) is 0. The Morgan fingerprint density at radius 1 is 0.976 bits per heavy atom. The van der Waals surface area contributed by atoms with Crippen molar-refractivity contribution in [3.8, 4) is 23.0 Å². The fourth-order valence-electron chi connectivity index (χ4n) is 3.84. The zero-order valence-electron chi connectivity index (χ0n) is 22.0. The molecule has 0 saturated heterocycles. The van der Waals surface area contributed by atoms with E-state index in [0.29, 0.717) is 28.5 Å². The summed E-state index contributed by atoms with van der Waals surface area (Å²) in [6.07, 6.45) is -3.41. The number of aliphatic imine (C=N–C) groups is 1. The third-order valence-corrected chi connectivity index (χ3v) is 6.51. The quantitative estimate of drug-likeness (QED) is 0.320. The van der Waals surface area contributed by atoms with Crippen molar-refractivity contribution in [1.82, 2.24) is 0 Å². The Labute approximate surface area is 237 Å². The van der Waals surface area contributed by atoms with Crippen molar-refractivity contribution >= 4 is 46.2 Å². The molecule has 2 amide bonds. The third-order valence-electron chi connectivity index (χ3n) is 5.57. The van der Waals surface area contributed by atoms with Crippen LogP contribution >= 0.6 is 11.8 Å². The number of hydrogen-bond donors (Lipinski definition) is 1. The number of carbonyl (C=O) groups is 2. The molecule has 9 nitrogen and oxygen atoms in total. The zero-order valence-corrected chi connectivity index (χ0v) is 22.8. The highest BCUT2D eigenvalue weighted by Crippen LogP contribution is 2.38. The van der Waals surface area contributed by atoms with Gasteiger partial charge >= 0.3 is 6.36 Å². The minimum absolute atomic E-state index is 0.0503. The summed E-state index contributed by atoms with van der Waals surface area (Å²) in [5.74, 6) is -0.709. The number of para-hydroxylation sites is 3. The number of thioether (sulfide) groups is 1. The van der Waals surface area contributed by atoms with E-state index in [1.54, 1.807) is 42.5 Å². The lowest BCUT2D eigenvalue weighted by atomic mass is 10.1. The predicted molar refractivity (Wildman–Crippen MR) is 150 cm³/mol. The second-order valence-electron chi connectivity index (χ2n) is 8.23. The number of methoxy groups -OCH3 is 3. The van der Waals surface area contributed by atoms with E-state index in [9.17, 15) is 22.8 Å². The molecule has 0 saturated carbocycles. The van der Waals surface area contributed by atoms with E-state index < -0.39 is 23.9 Å². The first kappa shape index (κ1) is 29.3. The fourth-order valence-corrected chi connectivity index (χ4v) is 4.65. The van der Waals surface area contributed by atoms with Crippen molar-refractivity contribution in [2.75, 3.05) is 37.3 Å². The summed E-state index contributed by atoms with van der Waals surface area (Å²) in [4.78, 5) is 32.1. The Hall–Kier alpha value is -4.65. The average molecular weight is 588 g/mol. The van der Waals surface area contributed by atoms with Crippen molar-refractivity contribution in [3.05, 3.63) is 78.0 Å². The molecular formula is C28H24F3N3O6S. The van der Waals surface area contributed by atoms with Gasteiger partial charge in [0.25, 0.3) is 5.91 Å². The smallest absolute Gasteiger partial charge is 0.497 e. The van der Waals surface area contributed by atoms with Crippen LogP contribution in [0.2, 0.25) is 0 Å². The number of nitrogens with one attached hydrogen (secondary N) is 1. The van der Waals surface area contributed by atoms with Crippen LogP contribution in [0.1, 0.15) is 5.56 Å². The number of anilines is 2. The molecule has 4 rings (SSSR count). The topological polar surface area (TPSA) is 98.7 Å². The summed E-state index contributed by atoms with van der Waals surface area (Å²) in [5.41, 5.74) is 0.870. The van der Waals surface area contributed by atoms with Crippen molar-refractivity contribution in [1.29, 1.82) is 0 Å². The molecule has 41 heavy (non-hydrogen) atoms. The zero-order chi connectivity index (χ0) is 29.6. The van der Waals surface area contributed by atoms with E-state index in [-0.39, 0.29) is 22.3 Å². The van der Waals surface area contributed by atoms with Gasteiger partial charge in [-0.3, -0.25) is 14.5 Å². The van der Waals surface area contributed by atoms with Crippen molar-refractivity contribution in [2.24, 2.45) is 4.99 Å². The van der Waals surface area contributed by atoms with Crippen molar-refractivity contribution in [3.63, 3.8) is 0 Å². The molecule has 1 heterocycles. The molecule has 0 atom stereocenters. The predicted octanol–water partition coefficient (Wildman–Crippen LogP) is 5.73. The van der Waals surface area contributed by atoms with Crippen LogP contribution < -0.4 is 29.2 Å². The molecule has 0 fully saturated rings. The Morgan fingerprint density at radius 3 is 2.34 bits per heavy atom. The lowest BCUT2D eigenvalue weighted by Gasteiger charge is -2.18. The van der Waals surface area contributed by atoms with E-state index in [1.807, 2.05) is 0 Å². The molecular weight excluding hydrogens is 563 g/mol. The standard InChI is InChI=1S/C28H24F3N3O6S/c1-37-19-13-17(25(39-3)23(15-19)38-2)14-21-26(36)34(18-9-5-4-6-10-18)27(33-21)41-16-24(35)32-20-11-7-8-12-22(20)40-28(29,30)31/h4-15H,16H2,1-3H3,(H,32,35)/b21-14+. The van der Waals surface area contributed by atoms with E-state index >= 15 is 0 Å². The molecule has 214 valence electrons. The number of halogens is 3. The van der Waals surface area contributed by atoms with E-state index in [4.69, 9.17) is 14.2 Å². The maximum absolute atomic E-state index is 13.5. The van der Waals surface area contributed by atoms with Gasteiger partial charge in [0.05, 0.1) is 38.5 Å². The second kappa shape index (κ2) is 12.7. The molecule has 0 spiro atoms. The minimum Gasteiger partial charge on any atom is -0.497 e. The van der Waals surface area contributed by atoms with Gasteiger partial charge in [0, 0.05) is 11.6 Å². The molecule has 3 aromatic carbocycles. The van der Waals surface area contributed by atoms with Gasteiger partial charge in [-0.1, -0.05) is 42.1 Å². The summed E-state index contributed by atoms with van der Waals surface area (Å²) in [6, 6.07) is 17.2. The van der Waals surface area contributed by atoms with E-state index in [1.165, 1.54) is 50.5 Å². The monoisotopic (exact) mass is 587 g/mol. The highest BCUT2D eigenvalue weighted by molar-refractivity contribution is 8.14. The molecule has 0 aliphatic carbocycles. The van der Waals surface area contributed by atoms with Crippen LogP contribution in [0.5, 0.6) is 23.0 Å². The Kier molecular flexibility index (Phi) is 9.07. The Morgan fingerprint density at radius 2 is 1.68 bits per heavy atom. The van der Waals surface area contributed by atoms with Gasteiger partial charge in [0.15, 0.2) is 22.4 Å². The third kappa shape index (κ3) is 7.11. The number of amidine groups is 1. The van der Waals surface area contributed by atoms with Crippen molar-refractivity contribution < 1.29 is 41.7 Å². The van der Waals surface area contributed by atoms with Gasteiger partial charge in [-0.2, -0.15) is 0 Å². The second-order valence-corrected chi connectivity index (χ2v) is 9.18. The first-order chi connectivity index (χ1) is 19.6. The number of carbonyl (C=O) groups excluding carboxylic acids is 2. The van der Waals surface area contributed by atoms with E-state index in [2.05, 4.69) is 15.0 Å². The highest BCUT2D eigenvalue weighted by atomic mass is 32.2.